The van der Waals surface area contributed by atoms with Crippen LogP contribution in [0.1, 0.15) is 0 Å². The molecule has 0 unspecified atom stereocenters. The minimum absolute atomic E-state index is 0.819. The first-order valence-electron chi connectivity index (χ1n) is 6.74. The molecule has 0 spiro atoms. The predicted molar refractivity (Wildman–Crippen MR) is 81.6 cm³/mol. The minimum Gasteiger partial charge on any atom is -0.386 e. The van der Waals surface area contributed by atoms with Crippen LogP contribution in [0, 0.1) is 0 Å². The number of hydrogen-bond donors (Lipinski definition) is 2. The summed E-state index contributed by atoms with van der Waals surface area (Å²) in [7, 11) is 0. The number of aliphatic hydroxyl groups is 2. The molecule has 4 rings (SSSR count). The van der Waals surface area contributed by atoms with Gasteiger partial charge in [0.25, 0.3) is 0 Å². The van der Waals surface area contributed by atoms with Crippen LogP contribution in [-0.2, 0) is 0 Å². The second kappa shape index (κ2) is 4.17. The molecule has 0 saturated carbocycles. The van der Waals surface area contributed by atoms with Crippen LogP contribution in [0.2, 0.25) is 0 Å². The Labute approximate surface area is 115 Å². The fraction of sp³-hybridized carbons (Fsp3) is 0.111. The summed E-state index contributed by atoms with van der Waals surface area (Å²) in [5.41, 5.74) is 0. The van der Waals surface area contributed by atoms with Crippen molar-refractivity contribution in [3.63, 3.8) is 0 Å². The monoisotopic (exact) mass is 262 g/mol. The van der Waals surface area contributed by atoms with Crippen molar-refractivity contribution in [1.29, 1.82) is 0 Å². The number of hydrogen-bond acceptors (Lipinski definition) is 2. The molecule has 20 heavy (non-hydrogen) atoms. The fourth-order valence-corrected chi connectivity index (χ4v) is 2.94. The summed E-state index contributed by atoms with van der Waals surface area (Å²) < 4.78 is 0. The van der Waals surface area contributed by atoms with Gasteiger partial charge >= 0.3 is 0 Å². The lowest BCUT2D eigenvalue weighted by Gasteiger charge is -2.15. The van der Waals surface area contributed by atoms with Gasteiger partial charge in [0.1, 0.15) is 12.2 Å². The summed E-state index contributed by atoms with van der Waals surface area (Å²) in [5.74, 6) is 0. The van der Waals surface area contributed by atoms with Gasteiger partial charge in [0.05, 0.1) is 0 Å². The Morgan fingerprint density at radius 3 is 2.20 bits per heavy atom. The molecule has 2 atom stereocenters. The Morgan fingerprint density at radius 1 is 0.700 bits per heavy atom. The smallest absolute Gasteiger partial charge is 0.102 e. The fourth-order valence-electron chi connectivity index (χ4n) is 2.94. The zero-order valence-corrected chi connectivity index (χ0v) is 10.8. The highest BCUT2D eigenvalue weighted by atomic mass is 16.3. The third kappa shape index (κ3) is 1.66. The average Bonchev–Trinajstić information content (AvgIpc) is 2.47. The van der Waals surface area contributed by atoms with Crippen molar-refractivity contribution in [2.24, 2.45) is 0 Å². The highest BCUT2D eigenvalue weighted by Crippen LogP contribution is 2.20. The Kier molecular flexibility index (Phi) is 2.43. The van der Waals surface area contributed by atoms with Crippen LogP contribution in [0.4, 0.5) is 0 Å². The molecule has 0 bridgehead atoms. The third-order valence-corrected chi connectivity index (χ3v) is 4.00. The summed E-state index contributed by atoms with van der Waals surface area (Å²) >= 11 is 0. The van der Waals surface area contributed by atoms with Crippen molar-refractivity contribution in [2.75, 3.05) is 0 Å². The predicted octanol–water partition coefficient (Wildman–Crippen LogP) is 1.29. The third-order valence-electron chi connectivity index (χ3n) is 4.00. The first kappa shape index (κ1) is 11.6. The van der Waals surface area contributed by atoms with Crippen LogP contribution in [0.5, 0.6) is 0 Å². The highest BCUT2D eigenvalue weighted by molar-refractivity contribution is 5.98. The molecule has 2 nitrogen and oxygen atoms in total. The van der Waals surface area contributed by atoms with Crippen molar-refractivity contribution in [1.82, 2.24) is 0 Å². The maximum atomic E-state index is 9.86. The van der Waals surface area contributed by atoms with E-state index in [1.165, 1.54) is 10.8 Å². The zero-order valence-electron chi connectivity index (χ0n) is 10.8. The van der Waals surface area contributed by atoms with Crippen LogP contribution in [-0.4, -0.2) is 22.4 Å². The van der Waals surface area contributed by atoms with Gasteiger partial charge in [-0.2, -0.15) is 0 Å². The Balaban J connectivity index is 2.19. The topological polar surface area (TPSA) is 40.5 Å². The summed E-state index contributed by atoms with van der Waals surface area (Å²) in [5, 5.41) is 26.2. The molecule has 0 fully saturated rings. The van der Waals surface area contributed by atoms with Crippen molar-refractivity contribution in [3.05, 3.63) is 59.0 Å². The molecule has 3 aromatic rings. The summed E-state index contributed by atoms with van der Waals surface area (Å²) in [6, 6.07) is 16.6. The molecule has 0 aromatic heterocycles. The van der Waals surface area contributed by atoms with E-state index >= 15 is 0 Å². The van der Waals surface area contributed by atoms with Gasteiger partial charge in [-0.25, -0.2) is 0 Å². The molecule has 0 heterocycles. The molecule has 0 aliphatic heterocycles. The lowest BCUT2D eigenvalue weighted by atomic mass is 9.96. The van der Waals surface area contributed by atoms with E-state index in [1.807, 2.05) is 18.2 Å². The molecular formula is C18H14O2. The highest BCUT2D eigenvalue weighted by Gasteiger charge is 2.15. The quantitative estimate of drug-likeness (QED) is 0.599. The van der Waals surface area contributed by atoms with Crippen LogP contribution < -0.4 is 10.4 Å². The molecule has 1 aliphatic carbocycles. The molecular weight excluding hydrogens is 248 g/mol. The van der Waals surface area contributed by atoms with E-state index in [-0.39, 0.29) is 0 Å². The molecule has 0 radical (unpaired) electrons. The van der Waals surface area contributed by atoms with Gasteiger partial charge < -0.3 is 10.2 Å². The van der Waals surface area contributed by atoms with Crippen LogP contribution in [0.15, 0.2) is 48.5 Å². The van der Waals surface area contributed by atoms with E-state index in [0.717, 1.165) is 21.2 Å². The van der Waals surface area contributed by atoms with Gasteiger partial charge in [0, 0.05) is 0 Å². The largest absolute Gasteiger partial charge is 0.386 e. The molecule has 2 N–H and O–H groups in total. The summed E-state index contributed by atoms with van der Waals surface area (Å²) in [6.45, 7) is 0. The lowest BCUT2D eigenvalue weighted by Crippen LogP contribution is -2.38. The SMILES string of the molecule is O[C@@H]1C=c2c(ccc3cc4ccccc4cc23)=C[C@@H]1O. The Bertz CT molecular complexity index is 941. The van der Waals surface area contributed by atoms with Crippen molar-refractivity contribution >= 4 is 33.7 Å². The Hall–Kier alpha value is -2.16. The maximum Gasteiger partial charge on any atom is 0.102 e. The number of fused-ring (bicyclic) bond motifs is 4. The summed E-state index contributed by atoms with van der Waals surface area (Å²) in [4.78, 5) is 0. The molecule has 1 aliphatic rings. The van der Waals surface area contributed by atoms with Gasteiger partial charge in [0.2, 0.25) is 0 Å². The van der Waals surface area contributed by atoms with E-state index in [4.69, 9.17) is 0 Å². The van der Waals surface area contributed by atoms with E-state index in [0.29, 0.717) is 0 Å². The lowest BCUT2D eigenvalue weighted by molar-refractivity contribution is 0.0993. The number of aliphatic hydroxyl groups excluding tert-OH is 2. The maximum absolute atomic E-state index is 9.86. The average molecular weight is 262 g/mol. The van der Waals surface area contributed by atoms with Crippen molar-refractivity contribution in [2.45, 2.75) is 12.2 Å². The van der Waals surface area contributed by atoms with Crippen molar-refractivity contribution < 1.29 is 10.2 Å². The molecule has 2 heteroatoms. The van der Waals surface area contributed by atoms with Crippen LogP contribution in [0.25, 0.3) is 33.7 Å². The van der Waals surface area contributed by atoms with Crippen molar-refractivity contribution in [3.8, 4) is 0 Å². The molecule has 3 aromatic carbocycles. The normalized spacial score (nSPS) is 21.3. The second-order valence-corrected chi connectivity index (χ2v) is 5.30. The number of benzene rings is 3. The van der Waals surface area contributed by atoms with Gasteiger partial charge in [-0.15, -0.1) is 0 Å². The van der Waals surface area contributed by atoms with E-state index in [2.05, 4.69) is 30.3 Å². The van der Waals surface area contributed by atoms with Crippen LogP contribution in [0.3, 0.4) is 0 Å². The Morgan fingerprint density at radius 2 is 1.40 bits per heavy atom. The standard InChI is InChI=1S/C18H14O2/c19-17-9-14-6-5-13-7-11-3-1-2-4-12(11)8-15(13)16(14)10-18(17)20/h1-10,17-20H/t17-,18+/m0/s1. The van der Waals surface area contributed by atoms with Crippen LogP contribution >= 0.6 is 0 Å². The van der Waals surface area contributed by atoms with E-state index < -0.39 is 12.2 Å². The molecule has 0 amide bonds. The molecule has 98 valence electrons. The van der Waals surface area contributed by atoms with E-state index in [9.17, 15) is 10.2 Å². The van der Waals surface area contributed by atoms with Gasteiger partial charge in [0.15, 0.2) is 0 Å². The number of rotatable bonds is 0. The van der Waals surface area contributed by atoms with Gasteiger partial charge in [-0.05, 0) is 56.3 Å². The minimum atomic E-state index is -0.834. The molecule has 0 saturated heterocycles. The zero-order chi connectivity index (χ0) is 13.7. The van der Waals surface area contributed by atoms with Gasteiger partial charge in [-0.1, -0.05) is 36.4 Å². The van der Waals surface area contributed by atoms with E-state index in [1.54, 1.807) is 12.2 Å². The first-order valence-corrected chi connectivity index (χ1v) is 6.74. The second-order valence-electron chi connectivity index (χ2n) is 5.30. The summed E-state index contributed by atoms with van der Waals surface area (Å²) in [6.07, 6.45) is 1.81. The first-order chi connectivity index (χ1) is 9.72. The van der Waals surface area contributed by atoms with Gasteiger partial charge in [-0.3, -0.25) is 0 Å².